The van der Waals surface area contributed by atoms with Crippen LogP contribution >= 0.6 is 0 Å². The number of halogens is 3. The SMILES string of the molecule is CNC(=O)C(=NOC)c1ccccc1Oc1ccccc1Oc1ccc(C(F)(F)F)cn1. The van der Waals surface area contributed by atoms with E-state index in [4.69, 9.17) is 14.3 Å². The number of pyridine rings is 1. The largest absolute Gasteiger partial charge is 0.453 e. The van der Waals surface area contributed by atoms with Gasteiger partial charge >= 0.3 is 6.18 Å². The second-order valence-corrected chi connectivity index (χ2v) is 6.23. The van der Waals surface area contributed by atoms with Gasteiger partial charge in [0.2, 0.25) is 5.88 Å². The number of aromatic nitrogens is 1. The van der Waals surface area contributed by atoms with Gasteiger partial charge < -0.3 is 19.6 Å². The third kappa shape index (κ3) is 5.34. The number of nitrogens with zero attached hydrogens (tertiary/aromatic N) is 2. The quantitative estimate of drug-likeness (QED) is 0.418. The van der Waals surface area contributed by atoms with Gasteiger partial charge in [-0.1, -0.05) is 29.4 Å². The molecule has 0 radical (unpaired) electrons. The van der Waals surface area contributed by atoms with Crippen LogP contribution in [0.1, 0.15) is 11.1 Å². The van der Waals surface area contributed by atoms with Crippen molar-refractivity contribution in [2.45, 2.75) is 6.18 Å². The fraction of sp³-hybridized carbons (Fsp3) is 0.136. The van der Waals surface area contributed by atoms with E-state index in [1.54, 1.807) is 48.5 Å². The number of hydrogen-bond acceptors (Lipinski definition) is 6. The molecule has 0 unspecified atom stereocenters. The second-order valence-electron chi connectivity index (χ2n) is 6.23. The number of carbonyl (C=O) groups is 1. The summed E-state index contributed by atoms with van der Waals surface area (Å²) in [6.07, 6.45) is -3.81. The molecule has 2 aromatic carbocycles. The first-order chi connectivity index (χ1) is 15.3. The maximum atomic E-state index is 12.7. The van der Waals surface area contributed by atoms with Crippen LogP contribution in [0, 0.1) is 0 Å². The van der Waals surface area contributed by atoms with E-state index >= 15 is 0 Å². The summed E-state index contributed by atoms with van der Waals surface area (Å²) in [5.41, 5.74) is -0.535. The Morgan fingerprint density at radius 2 is 1.56 bits per heavy atom. The first kappa shape index (κ1) is 22.6. The smallest absolute Gasteiger partial charge is 0.417 e. The van der Waals surface area contributed by atoms with Gasteiger partial charge in [0, 0.05) is 19.3 Å². The highest BCUT2D eigenvalue weighted by atomic mass is 19.4. The first-order valence-electron chi connectivity index (χ1n) is 9.24. The van der Waals surface area contributed by atoms with Gasteiger partial charge in [-0.15, -0.1) is 0 Å². The predicted octanol–water partition coefficient (Wildman–Crippen LogP) is 4.78. The number of hydrogen-bond donors (Lipinski definition) is 1. The van der Waals surface area contributed by atoms with E-state index in [9.17, 15) is 18.0 Å². The molecular formula is C22H18F3N3O4. The van der Waals surface area contributed by atoms with Gasteiger partial charge in [-0.2, -0.15) is 13.2 Å². The number of ether oxygens (including phenoxy) is 2. The van der Waals surface area contributed by atoms with E-state index in [2.05, 4.69) is 15.5 Å². The molecule has 10 heteroatoms. The summed E-state index contributed by atoms with van der Waals surface area (Å²) in [6, 6.07) is 15.2. The Labute approximate surface area is 181 Å². The van der Waals surface area contributed by atoms with E-state index in [0.717, 1.165) is 12.1 Å². The molecule has 0 bridgehead atoms. The Balaban J connectivity index is 1.91. The van der Waals surface area contributed by atoms with E-state index < -0.39 is 17.6 Å². The van der Waals surface area contributed by atoms with Crippen LogP contribution in [-0.4, -0.2) is 30.8 Å². The van der Waals surface area contributed by atoms with Gasteiger partial charge in [0.25, 0.3) is 5.91 Å². The molecule has 0 aliphatic rings. The predicted molar refractivity (Wildman–Crippen MR) is 110 cm³/mol. The van der Waals surface area contributed by atoms with Crippen molar-refractivity contribution in [3.8, 4) is 23.1 Å². The van der Waals surface area contributed by atoms with Crippen LogP contribution in [0.5, 0.6) is 23.1 Å². The van der Waals surface area contributed by atoms with E-state index in [0.29, 0.717) is 11.8 Å². The van der Waals surface area contributed by atoms with Crippen LogP contribution in [-0.2, 0) is 15.8 Å². The zero-order valence-electron chi connectivity index (χ0n) is 17.0. The highest BCUT2D eigenvalue weighted by molar-refractivity contribution is 6.45. The Morgan fingerprint density at radius 1 is 0.938 bits per heavy atom. The van der Waals surface area contributed by atoms with Crippen LogP contribution in [0.4, 0.5) is 13.2 Å². The van der Waals surface area contributed by atoms with Crippen molar-refractivity contribution in [1.82, 2.24) is 10.3 Å². The summed E-state index contributed by atoms with van der Waals surface area (Å²) in [4.78, 5) is 20.7. The third-order valence-electron chi connectivity index (χ3n) is 4.11. The Kier molecular flexibility index (Phi) is 6.93. The van der Waals surface area contributed by atoms with Crippen molar-refractivity contribution in [2.24, 2.45) is 5.16 Å². The van der Waals surface area contributed by atoms with Gasteiger partial charge in [-0.25, -0.2) is 4.98 Å². The average Bonchev–Trinajstić information content (AvgIpc) is 2.78. The molecule has 1 aromatic heterocycles. The second kappa shape index (κ2) is 9.82. The molecule has 166 valence electrons. The number of nitrogens with one attached hydrogen (secondary N) is 1. The lowest BCUT2D eigenvalue weighted by molar-refractivity contribution is -0.137. The molecular weight excluding hydrogens is 427 g/mol. The van der Waals surface area contributed by atoms with Crippen molar-refractivity contribution < 1.29 is 32.3 Å². The summed E-state index contributed by atoms with van der Waals surface area (Å²) in [5.74, 6) is 0.203. The van der Waals surface area contributed by atoms with Crippen LogP contribution in [0.2, 0.25) is 0 Å². The van der Waals surface area contributed by atoms with Crippen LogP contribution in [0.3, 0.4) is 0 Å². The number of oxime groups is 1. The van der Waals surface area contributed by atoms with Crippen molar-refractivity contribution in [1.29, 1.82) is 0 Å². The van der Waals surface area contributed by atoms with E-state index in [1.807, 2.05) is 0 Å². The molecule has 0 saturated heterocycles. The van der Waals surface area contributed by atoms with Crippen molar-refractivity contribution in [2.75, 3.05) is 14.2 Å². The molecule has 32 heavy (non-hydrogen) atoms. The minimum atomic E-state index is -4.50. The van der Waals surface area contributed by atoms with E-state index in [-0.39, 0.29) is 28.8 Å². The van der Waals surface area contributed by atoms with Gasteiger partial charge in [0.05, 0.1) is 11.1 Å². The molecule has 0 atom stereocenters. The number of para-hydroxylation sites is 3. The summed E-state index contributed by atoms with van der Waals surface area (Å²) in [6.45, 7) is 0. The molecule has 1 amide bonds. The summed E-state index contributed by atoms with van der Waals surface area (Å²) in [5, 5.41) is 6.26. The van der Waals surface area contributed by atoms with Crippen LogP contribution in [0.25, 0.3) is 0 Å². The number of amides is 1. The lowest BCUT2D eigenvalue weighted by Crippen LogP contribution is -2.28. The minimum Gasteiger partial charge on any atom is -0.453 e. The Bertz CT molecular complexity index is 1120. The van der Waals surface area contributed by atoms with E-state index in [1.165, 1.54) is 14.2 Å². The molecule has 0 aliphatic carbocycles. The molecule has 0 spiro atoms. The normalized spacial score (nSPS) is 11.6. The maximum Gasteiger partial charge on any atom is 0.417 e. The number of rotatable bonds is 7. The first-order valence-corrected chi connectivity index (χ1v) is 9.24. The highest BCUT2D eigenvalue weighted by Gasteiger charge is 2.30. The van der Waals surface area contributed by atoms with Gasteiger partial charge in [0.15, 0.2) is 17.2 Å². The molecule has 1 heterocycles. The molecule has 3 rings (SSSR count). The number of alkyl halides is 3. The third-order valence-corrected chi connectivity index (χ3v) is 4.11. The highest BCUT2D eigenvalue weighted by Crippen LogP contribution is 2.36. The Hall–Kier alpha value is -4.08. The van der Waals surface area contributed by atoms with Gasteiger partial charge in [-0.05, 0) is 30.3 Å². The lowest BCUT2D eigenvalue weighted by Gasteiger charge is -2.15. The maximum absolute atomic E-state index is 12.7. The lowest BCUT2D eigenvalue weighted by atomic mass is 10.1. The molecule has 0 fully saturated rings. The molecule has 0 aliphatic heterocycles. The van der Waals surface area contributed by atoms with Crippen LogP contribution in [0.15, 0.2) is 72.0 Å². The zero-order chi connectivity index (χ0) is 23.1. The average molecular weight is 445 g/mol. The fourth-order valence-corrected chi connectivity index (χ4v) is 2.63. The number of carbonyl (C=O) groups excluding carboxylic acids is 1. The van der Waals surface area contributed by atoms with Crippen molar-refractivity contribution >= 4 is 11.6 Å². The summed E-state index contributed by atoms with van der Waals surface area (Å²) in [7, 11) is 2.77. The van der Waals surface area contributed by atoms with Crippen molar-refractivity contribution in [3.05, 3.63) is 78.0 Å². The van der Waals surface area contributed by atoms with Crippen LogP contribution < -0.4 is 14.8 Å². The van der Waals surface area contributed by atoms with Gasteiger partial charge in [-0.3, -0.25) is 4.79 Å². The molecule has 3 aromatic rings. The number of likely N-dealkylation sites (N-methyl/N-ethyl adjacent to an activating group) is 1. The molecule has 7 nitrogen and oxygen atoms in total. The monoisotopic (exact) mass is 445 g/mol. The van der Waals surface area contributed by atoms with Gasteiger partial charge in [0.1, 0.15) is 12.9 Å². The Morgan fingerprint density at radius 3 is 2.12 bits per heavy atom. The topological polar surface area (TPSA) is 82.0 Å². The standard InChI is InChI=1S/C22H18F3N3O4/c1-26-21(29)20(28-30-2)15-7-3-4-8-16(15)31-17-9-5-6-10-18(17)32-19-12-11-14(13-27-19)22(23,24)25/h3-13H,1-2H3,(H,26,29). The minimum absolute atomic E-state index is 0.00611. The summed E-state index contributed by atoms with van der Waals surface area (Å²) < 4.78 is 49.8. The molecule has 1 N–H and O–H groups in total. The zero-order valence-corrected chi connectivity index (χ0v) is 17.0. The summed E-state index contributed by atoms with van der Waals surface area (Å²) >= 11 is 0. The number of benzene rings is 2. The van der Waals surface area contributed by atoms with Crippen molar-refractivity contribution in [3.63, 3.8) is 0 Å². The molecule has 0 saturated carbocycles. The fourth-order valence-electron chi connectivity index (χ4n) is 2.63.